The lowest BCUT2D eigenvalue weighted by molar-refractivity contribution is -0.0249. The van der Waals surface area contributed by atoms with E-state index >= 15 is 0 Å². The van der Waals surface area contributed by atoms with Gasteiger partial charge in [0.25, 0.3) is 0 Å². The maximum absolute atomic E-state index is 6.26. The SMILES string of the molecule is CCc1nn(CC)c(COC2CCCCC2CC)c1Br. The number of hydrogen-bond acceptors (Lipinski definition) is 2. The van der Waals surface area contributed by atoms with Crippen LogP contribution in [-0.4, -0.2) is 15.9 Å². The van der Waals surface area contributed by atoms with Crippen LogP contribution >= 0.6 is 15.9 Å². The molecule has 0 spiro atoms. The lowest BCUT2D eigenvalue weighted by Gasteiger charge is -2.30. The molecule has 0 saturated heterocycles. The number of hydrogen-bond donors (Lipinski definition) is 0. The second-order valence-corrected chi connectivity index (χ2v) is 6.47. The number of nitrogens with zero attached hydrogens (tertiary/aromatic N) is 2. The molecule has 1 fully saturated rings. The summed E-state index contributed by atoms with van der Waals surface area (Å²) in [4.78, 5) is 0. The third-order valence-electron chi connectivity index (χ3n) is 4.49. The van der Waals surface area contributed by atoms with Crippen LogP contribution in [0.1, 0.15) is 64.3 Å². The van der Waals surface area contributed by atoms with Gasteiger partial charge >= 0.3 is 0 Å². The van der Waals surface area contributed by atoms with Gasteiger partial charge in [-0.1, -0.05) is 33.1 Å². The minimum atomic E-state index is 0.436. The molecular formula is C16H27BrN2O. The molecule has 0 N–H and O–H groups in total. The van der Waals surface area contributed by atoms with E-state index < -0.39 is 0 Å². The Bertz CT molecular complexity index is 430. The fraction of sp³-hybridized carbons (Fsp3) is 0.812. The smallest absolute Gasteiger partial charge is 0.0900 e. The van der Waals surface area contributed by atoms with Crippen molar-refractivity contribution in [3.8, 4) is 0 Å². The Morgan fingerprint density at radius 1 is 1.25 bits per heavy atom. The molecule has 1 aromatic rings. The molecule has 2 rings (SSSR count). The molecule has 2 atom stereocenters. The van der Waals surface area contributed by atoms with Gasteiger partial charge in [0.15, 0.2) is 0 Å². The van der Waals surface area contributed by atoms with Crippen molar-refractivity contribution in [3.05, 3.63) is 15.9 Å². The van der Waals surface area contributed by atoms with Crippen molar-refractivity contribution in [3.63, 3.8) is 0 Å². The highest BCUT2D eigenvalue weighted by Gasteiger charge is 2.25. The quantitative estimate of drug-likeness (QED) is 0.748. The average Bonchev–Trinajstić information content (AvgIpc) is 2.81. The third-order valence-corrected chi connectivity index (χ3v) is 5.41. The highest BCUT2D eigenvalue weighted by molar-refractivity contribution is 9.10. The molecular weight excluding hydrogens is 316 g/mol. The predicted molar refractivity (Wildman–Crippen MR) is 85.8 cm³/mol. The molecule has 0 aromatic carbocycles. The lowest BCUT2D eigenvalue weighted by Crippen LogP contribution is -2.27. The highest BCUT2D eigenvalue weighted by Crippen LogP contribution is 2.31. The summed E-state index contributed by atoms with van der Waals surface area (Å²) in [6.07, 6.45) is 7.86. The summed E-state index contributed by atoms with van der Waals surface area (Å²) in [5.41, 5.74) is 2.34. The normalized spacial score (nSPS) is 23.2. The van der Waals surface area contributed by atoms with E-state index in [0.717, 1.165) is 29.1 Å². The van der Waals surface area contributed by atoms with Gasteiger partial charge in [0.05, 0.1) is 28.6 Å². The van der Waals surface area contributed by atoms with Gasteiger partial charge in [0, 0.05) is 6.54 Å². The molecule has 4 heteroatoms. The van der Waals surface area contributed by atoms with Crippen molar-refractivity contribution in [1.29, 1.82) is 0 Å². The van der Waals surface area contributed by atoms with Crippen LogP contribution in [0, 0.1) is 5.92 Å². The summed E-state index contributed by atoms with van der Waals surface area (Å²) >= 11 is 3.70. The van der Waals surface area contributed by atoms with Gasteiger partial charge in [-0.25, -0.2) is 0 Å². The van der Waals surface area contributed by atoms with Crippen LogP contribution in [0.3, 0.4) is 0 Å². The van der Waals surface area contributed by atoms with Crippen molar-refractivity contribution in [2.24, 2.45) is 5.92 Å². The predicted octanol–water partition coefficient (Wildman–Crippen LogP) is 4.71. The molecule has 1 saturated carbocycles. The molecule has 0 amide bonds. The summed E-state index contributed by atoms with van der Waals surface area (Å²) in [5, 5.41) is 4.64. The topological polar surface area (TPSA) is 27.1 Å². The molecule has 3 nitrogen and oxygen atoms in total. The molecule has 20 heavy (non-hydrogen) atoms. The van der Waals surface area contributed by atoms with Crippen LogP contribution in [0.15, 0.2) is 4.47 Å². The van der Waals surface area contributed by atoms with Crippen LogP contribution in [0.25, 0.3) is 0 Å². The largest absolute Gasteiger partial charge is 0.372 e. The van der Waals surface area contributed by atoms with Crippen molar-refractivity contribution in [2.45, 2.75) is 78.6 Å². The summed E-state index contributed by atoms with van der Waals surface area (Å²) in [6.45, 7) is 8.15. The Morgan fingerprint density at radius 3 is 2.65 bits per heavy atom. The summed E-state index contributed by atoms with van der Waals surface area (Å²) in [5.74, 6) is 0.742. The van der Waals surface area contributed by atoms with Crippen molar-refractivity contribution in [1.82, 2.24) is 9.78 Å². The maximum Gasteiger partial charge on any atom is 0.0900 e. The Hall–Kier alpha value is -0.350. The first kappa shape index (κ1) is 16.0. The highest BCUT2D eigenvalue weighted by atomic mass is 79.9. The monoisotopic (exact) mass is 342 g/mol. The zero-order valence-corrected chi connectivity index (χ0v) is 14.6. The summed E-state index contributed by atoms with van der Waals surface area (Å²) < 4.78 is 9.48. The van der Waals surface area contributed by atoms with E-state index in [4.69, 9.17) is 4.74 Å². The average molecular weight is 343 g/mol. The number of ether oxygens (including phenoxy) is 1. The summed E-state index contributed by atoms with van der Waals surface area (Å²) in [6, 6.07) is 0. The van der Waals surface area contributed by atoms with Gasteiger partial charge in [0.1, 0.15) is 0 Å². The number of rotatable bonds is 6. The van der Waals surface area contributed by atoms with Crippen LogP contribution in [0.4, 0.5) is 0 Å². The van der Waals surface area contributed by atoms with Crippen LogP contribution in [0.2, 0.25) is 0 Å². The molecule has 1 aromatic heterocycles. The zero-order valence-electron chi connectivity index (χ0n) is 13.0. The van der Waals surface area contributed by atoms with E-state index in [-0.39, 0.29) is 0 Å². The van der Waals surface area contributed by atoms with E-state index in [2.05, 4.69) is 46.5 Å². The van der Waals surface area contributed by atoms with Crippen molar-refractivity contribution >= 4 is 15.9 Å². The number of aryl methyl sites for hydroxylation is 2. The molecule has 2 unspecified atom stereocenters. The third kappa shape index (κ3) is 3.45. The molecule has 0 aliphatic heterocycles. The Morgan fingerprint density at radius 2 is 2.00 bits per heavy atom. The molecule has 0 bridgehead atoms. The Kier molecular flexibility index (Phi) is 6.09. The van der Waals surface area contributed by atoms with E-state index in [0.29, 0.717) is 12.7 Å². The Balaban J connectivity index is 2.04. The van der Waals surface area contributed by atoms with Gasteiger partial charge in [-0.15, -0.1) is 0 Å². The Labute approximate surface area is 131 Å². The first-order chi connectivity index (χ1) is 9.71. The van der Waals surface area contributed by atoms with E-state index in [1.807, 2.05) is 0 Å². The van der Waals surface area contributed by atoms with Crippen molar-refractivity contribution in [2.75, 3.05) is 0 Å². The van der Waals surface area contributed by atoms with Gasteiger partial charge in [-0.2, -0.15) is 5.10 Å². The van der Waals surface area contributed by atoms with Gasteiger partial charge < -0.3 is 4.74 Å². The molecule has 1 aliphatic rings. The van der Waals surface area contributed by atoms with E-state index in [9.17, 15) is 0 Å². The van der Waals surface area contributed by atoms with Gasteiger partial charge in [-0.3, -0.25) is 4.68 Å². The second kappa shape index (κ2) is 7.60. The van der Waals surface area contributed by atoms with Crippen molar-refractivity contribution < 1.29 is 4.74 Å². The maximum atomic E-state index is 6.26. The molecule has 114 valence electrons. The van der Waals surface area contributed by atoms with E-state index in [1.165, 1.54) is 37.8 Å². The molecule has 1 heterocycles. The van der Waals surface area contributed by atoms with Gasteiger partial charge in [0.2, 0.25) is 0 Å². The van der Waals surface area contributed by atoms with E-state index in [1.54, 1.807) is 0 Å². The number of halogens is 1. The minimum absolute atomic E-state index is 0.436. The fourth-order valence-corrected chi connectivity index (χ4v) is 3.88. The zero-order chi connectivity index (χ0) is 14.5. The molecule has 1 aliphatic carbocycles. The van der Waals surface area contributed by atoms with Crippen LogP contribution in [-0.2, 0) is 24.3 Å². The molecule has 0 radical (unpaired) electrons. The number of aromatic nitrogens is 2. The summed E-state index contributed by atoms with van der Waals surface area (Å²) in [7, 11) is 0. The van der Waals surface area contributed by atoms with Gasteiger partial charge in [-0.05, 0) is 48.0 Å². The minimum Gasteiger partial charge on any atom is -0.372 e. The standard InChI is InChI=1S/C16H27BrN2O/c1-4-12-9-7-8-10-15(12)20-11-14-16(17)13(5-2)18-19(14)6-3/h12,15H,4-11H2,1-3H3. The second-order valence-electron chi connectivity index (χ2n) is 5.68. The van der Waals surface area contributed by atoms with Crippen LogP contribution in [0.5, 0.6) is 0 Å². The first-order valence-electron chi connectivity index (χ1n) is 8.06. The lowest BCUT2D eigenvalue weighted by atomic mass is 9.85. The first-order valence-corrected chi connectivity index (χ1v) is 8.86. The van der Waals surface area contributed by atoms with Crippen LogP contribution < -0.4 is 0 Å². The fourth-order valence-electron chi connectivity index (χ4n) is 3.20.